The molecule has 0 bridgehead atoms. The van der Waals surface area contributed by atoms with Crippen LogP contribution < -0.4 is 5.32 Å². The molecule has 0 saturated heterocycles. The molecular formula is C21H19N5O3. The third kappa shape index (κ3) is 3.25. The first-order valence-electron chi connectivity index (χ1n) is 9.05. The first-order valence-corrected chi connectivity index (χ1v) is 9.05. The van der Waals surface area contributed by atoms with Crippen LogP contribution in [0.5, 0.6) is 0 Å². The molecule has 3 aromatic rings. The van der Waals surface area contributed by atoms with Crippen molar-refractivity contribution in [2.24, 2.45) is 7.05 Å². The fraction of sp³-hybridized carbons (Fsp3) is 0.143. The number of carbonyl (C=O) groups excluding carboxylic acids is 1. The number of non-ortho nitro benzene ring substituents is 1. The number of aryl methyl sites for hydroxylation is 1. The van der Waals surface area contributed by atoms with Crippen LogP contribution >= 0.6 is 0 Å². The standard InChI is InChI=1S/C21H19N5O3/c1-3-12-25-20(22-18-7-5-4-6-16(18)21(25)27)17-13-24(2)23-19(17)14-8-10-15(11-9-14)26(28)29/h3-11,13,20,22H,1,12H2,2H3/t20-/m1/s1. The van der Waals surface area contributed by atoms with Crippen molar-refractivity contribution >= 4 is 17.3 Å². The molecule has 0 spiro atoms. The summed E-state index contributed by atoms with van der Waals surface area (Å²) >= 11 is 0. The van der Waals surface area contributed by atoms with Gasteiger partial charge in [0, 0.05) is 48.7 Å². The molecule has 1 aliphatic heterocycles. The summed E-state index contributed by atoms with van der Waals surface area (Å²) in [6, 6.07) is 13.6. The van der Waals surface area contributed by atoms with Crippen LogP contribution in [0.1, 0.15) is 22.1 Å². The molecular weight excluding hydrogens is 370 g/mol. The first-order chi connectivity index (χ1) is 14.0. The van der Waals surface area contributed by atoms with Crippen molar-refractivity contribution in [2.45, 2.75) is 6.17 Å². The third-order valence-electron chi connectivity index (χ3n) is 4.85. The zero-order chi connectivity index (χ0) is 20.5. The van der Waals surface area contributed by atoms with Gasteiger partial charge in [0.25, 0.3) is 11.6 Å². The van der Waals surface area contributed by atoms with Gasteiger partial charge >= 0.3 is 0 Å². The average molecular weight is 389 g/mol. The minimum atomic E-state index is -0.450. The van der Waals surface area contributed by atoms with Crippen molar-refractivity contribution in [1.82, 2.24) is 14.7 Å². The van der Waals surface area contributed by atoms with E-state index in [1.54, 1.807) is 40.9 Å². The molecule has 1 atom stereocenters. The second kappa shape index (κ2) is 7.23. The highest BCUT2D eigenvalue weighted by Gasteiger charge is 2.34. The quantitative estimate of drug-likeness (QED) is 0.407. The molecule has 1 N–H and O–H groups in total. The Labute approximate surface area is 167 Å². The Balaban J connectivity index is 1.80. The number of benzene rings is 2. The Kier molecular flexibility index (Phi) is 4.59. The average Bonchev–Trinajstić information content (AvgIpc) is 3.11. The molecule has 8 heteroatoms. The minimum Gasteiger partial charge on any atom is -0.361 e. The molecule has 8 nitrogen and oxygen atoms in total. The Morgan fingerprint density at radius 3 is 2.66 bits per heavy atom. The maximum atomic E-state index is 13.1. The van der Waals surface area contributed by atoms with Gasteiger partial charge in [-0.25, -0.2) is 0 Å². The summed E-state index contributed by atoms with van der Waals surface area (Å²) in [5.74, 6) is -0.0947. The van der Waals surface area contributed by atoms with E-state index < -0.39 is 11.1 Å². The second-order valence-electron chi connectivity index (χ2n) is 6.75. The smallest absolute Gasteiger partial charge is 0.269 e. The molecule has 2 aromatic carbocycles. The van der Waals surface area contributed by atoms with Crippen molar-refractivity contribution in [3.8, 4) is 11.3 Å². The van der Waals surface area contributed by atoms with Crippen LogP contribution in [-0.4, -0.2) is 32.1 Å². The molecule has 0 unspecified atom stereocenters. The van der Waals surface area contributed by atoms with Crippen molar-refractivity contribution in [1.29, 1.82) is 0 Å². The molecule has 0 fully saturated rings. The highest BCUT2D eigenvalue weighted by Crippen LogP contribution is 2.37. The lowest BCUT2D eigenvalue weighted by atomic mass is 10.0. The fourth-order valence-electron chi connectivity index (χ4n) is 3.54. The maximum Gasteiger partial charge on any atom is 0.269 e. The summed E-state index contributed by atoms with van der Waals surface area (Å²) < 4.78 is 1.67. The topological polar surface area (TPSA) is 93.3 Å². The molecule has 1 amide bonds. The number of fused-ring (bicyclic) bond motifs is 1. The van der Waals surface area contributed by atoms with Gasteiger partial charge in [-0.3, -0.25) is 19.6 Å². The van der Waals surface area contributed by atoms with Crippen molar-refractivity contribution in [3.05, 3.63) is 88.6 Å². The summed E-state index contributed by atoms with van der Waals surface area (Å²) in [6.45, 7) is 4.14. The van der Waals surface area contributed by atoms with Crippen LogP contribution in [0.4, 0.5) is 11.4 Å². The number of aromatic nitrogens is 2. The highest BCUT2D eigenvalue weighted by molar-refractivity contribution is 6.02. The molecule has 0 saturated carbocycles. The van der Waals surface area contributed by atoms with Crippen LogP contribution in [0.3, 0.4) is 0 Å². The third-order valence-corrected chi connectivity index (χ3v) is 4.85. The van der Waals surface area contributed by atoms with Gasteiger partial charge in [-0.2, -0.15) is 5.10 Å². The SMILES string of the molecule is C=CCN1C(=O)c2ccccc2N[C@H]1c1cn(C)nc1-c1ccc([N+](=O)[O-])cc1. The monoisotopic (exact) mass is 389 g/mol. The Morgan fingerprint density at radius 2 is 1.97 bits per heavy atom. The second-order valence-corrected chi connectivity index (χ2v) is 6.75. The Morgan fingerprint density at radius 1 is 1.24 bits per heavy atom. The van der Waals surface area contributed by atoms with Crippen LogP contribution in [0, 0.1) is 10.1 Å². The van der Waals surface area contributed by atoms with Crippen LogP contribution in [-0.2, 0) is 7.05 Å². The summed E-state index contributed by atoms with van der Waals surface area (Å²) in [4.78, 5) is 25.3. The van der Waals surface area contributed by atoms with E-state index in [1.807, 2.05) is 24.4 Å². The van der Waals surface area contributed by atoms with E-state index in [1.165, 1.54) is 12.1 Å². The number of para-hydroxylation sites is 1. The molecule has 2 heterocycles. The lowest BCUT2D eigenvalue weighted by Gasteiger charge is -2.37. The zero-order valence-corrected chi connectivity index (χ0v) is 15.8. The predicted octanol–water partition coefficient (Wildman–Crippen LogP) is 3.75. The first kappa shape index (κ1) is 18.4. The van der Waals surface area contributed by atoms with Gasteiger partial charge < -0.3 is 10.2 Å². The van der Waals surface area contributed by atoms with Crippen molar-refractivity contribution in [2.75, 3.05) is 11.9 Å². The predicted molar refractivity (Wildman–Crippen MR) is 109 cm³/mol. The Hall–Kier alpha value is -3.94. The number of anilines is 1. The van der Waals surface area contributed by atoms with Gasteiger partial charge in [-0.05, 0) is 24.3 Å². The molecule has 0 radical (unpaired) electrons. The number of hydrogen-bond donors (Lipinski definition) is 1. The van der Waals surface area contributed by atoms with Gasteiger partial charge in [0.15, 0.2) is 0 Å². The van der Waals surface area contributed by atoms with Crippen LogP contribution in [0.15, 0.2) is 67.4 Å². The number of nitrogens with zero attached hydrogens (tertiary/aromatic N) is 4. The van der Waals surface area contributed by atoms with Crippen molar-refractivity contribution in [3.63, 3.8) is 0 Å². The van der Waals surface area contributed by atoms with Gasteiger partial charge in [-0.15, -0.1) is 6.58 Å². The summed E-state index contributed by atoms with van der Waals surface area (Å²) in [6.07, 6.45) is 3.09. The van der Waals surface area contributed by atoms with E-state index >= 15 is 0 Å². The van der Waals surface area contributed by atoms with E-state index in [9.17, 15) is 14.9 Å². The van der Waals surface area contributed by atoms with E-state index in [2.05, 4.69) is 17.0 Å². The zero-order valence-electron chi connectivity index (χ0n) is 15.8. The number of rotatable bonds is 5. The molecule has 1 aromatic heterocycles. The summed E-state index contributed by atoms with van der Waals surface area (Å²) in [7, 11) is 1.80. The largest absolute Gasteiger partial charge is 0.361 e. The number of carbonyl (C=O) groups is 1. The highest BCUT2D eigenvalue weighted by atomic mass is 16.6. The number of nitro benzene ring substituents is 1. The van der Waals surface area contributed by atoms with Gasteiger partial charge in [0.1, 0.15) is 6.17 Å². The molecule has 1 aliphatic rings. The molecule has 0 aliphatic carbocycles. The lowest BCUT2D eigenvalue weighted by molar-refractivity contribution is -0.384. The van der Waals surface area contributed by atoms with E-state index in [-0.39, 0.29) is 11.6 Å². The lowest BCUT2D eigenvalue weighted by Crippen LogP contribution is -2.43. The van der Waals surface area contributed by atoms with E-state index in [0.717, 1.165) is 16.8 Å². The van der Waals surface area contributed by atoms with E-state index in [0.29, 0.717) is 17.8 Å². The van der Waals surface area contributed by atoms with Gasteiger partial charge in [-0.1, -0.05) is 18.2 Å². The van der Waals surface area contributed by atoms with Crippen molar-refractivity contribution < 1.29 is 9.72 Å². The summed E-state index contributed by atoms with van der Waals surface area (Å²) in [5, 5.41) is 18.9. The minimum absolute atomic E-state index is 0.0133. The number of nitro groups is 1. The Bertz CT molecular complexity index is 1100. The number of amides is 1. The van der Waals surface area contributed by atoms with E-state index in [4.69, 9.17) is 0 Å². The number of nitrogens with one attached hydrogen (secondary N) is 1. The van der Waals surface area contributed by atoms with Gasteiger partial charge in [0.05, 0.1) is 16.2 Å². The fourth-order valence-corrected chi connectivity index (χ4v) is 3.54. The summed E-state index contributed by atoms with van der Waals surface area (Å²) in [5.41, 5.74) is 3.55. The van der Waals surface area contributed by atoms with Crippen LogP contribution in [0.25, 0.3) is 11.3 Å². The molecule has 29 heavy (non-hydrogen) atoms. The van der Waals surface area contributed by atoms with Crippen LogP contribution in [0.2, 0.25) is 0 Å². The normalized spacial score (nSPS) is 15.6. The maximum absolute atomic E-state index is 13.1. The molecule has 146 valence electrons. The number of hydrogen-bond acceptors (Lipinski definition) is 5. The van der Waals surface area contributed by atoms with Gasteiger partial charge in [0.2, 0.25) is 0 Å². The molecule has 4 rings (SSSR count).